The second-order valence-electron chi connectivity index (χ2n) is 4.69. The molecule has 0 saturated heterocycles. The average Bonchev–Trinajstić information content (AvgIpc) is 2.77. The third-order valence-corrected chi connectivity index (χ3v) is 3.20. The van der Waals surface area contributed by atoms with Crippen molar-refractivity contribution in [2.24, 2.45) is 7.05 Å². The van der Waals surface area contributed by atoms with Crippen molar-refractivity contribution in [2.75, 3.05) is 7.05 Å². The van der Waals surface area contributed by atoms with Gasteiger partial charge in [-0.3, -0.25) is 4.68 Å². The highest BCUT2D eigenvalue weighted by Crippen LogP contribution is 2.23. The summed E-state index contributed by atoms with van der Waals surface area (Å²) >= 11 is 0. The molecule has 0 aliphatic carbocycles. The molecule has 1 heterocycles. The summed E-state index contributed by atoms with van der Waals surface area (Å²) in [5, 5.41) is 7.15. The summed E-state index contributed by atoms with van der Waals surface area (Å²) < 4.78 is 28.9. The van der Waals surface area contributed by atoms with Crippen LogP contribution in [0.15, 0.2) is 24.5 Å². The van der Waals surface area contributed by atoms with Crippen molar-refractivity contribution in [3.63, 3.8) is 0 Å². The van der Waals surface area contributed by atoms with E-state index in [-0.39, 0.29) is 6.04 Å². The van der Waals surface area contributed by atoms with E-state index in [1.54, 1.807) is 30.9 Å². The molecule has 5 heteroatoms. The first-order valence-electron chi connectivity index (χ1n) is 6.11. The monoisotopic (exact) mass is 265 g/mol. The predicted octanol–water partition coefficient (Wildman–Crippen LogP) is 2.51. The fraction of sp³-hybridized carbons (Fsp3) is 0.357. The highest BCUT2D eigenvalue weighted by Gasteiger charge is 2.17. The quantitative estimate of drug-likeness (QED) is 0.920. The molecule has 19 heavy (non-hydrogen) atoms. The number of halogens is 2. The minimum atomic E-state index is -0.522. The van der Waals surface area contributed by atoms with Crippen LogP contribution in [-0.2, 0) is 13.5 Å². The summed E-state index contributed by atoms with van der Waals surface area (Å²) in [7, 11) is 3.60. The zero-order valence-electron chi connectivity index (χ0n) is 11.2. The molecule has 0 amide bonds. The fourth-order valence-electron chi connectivity index (χ4n) is 2.13. The summed E-state index contributed by atoms with van der Waals surface area (Å²) in [5.41, 5.74) is 1.93. The van der Waals surface area contributed by atoms with E-state index < -0.39 is 11.6 Å². The van der Waals surface area contributed by atoms with Gasteiger partial charge in [0.25, 0.3) is 0 Å². The number of aromatic nitrogens is 2. The fourth-order valence-corrected chi connectivity index (χ4v) is 2.13. The number of likely N-dealkylation sites (N-methyl/N-ethyl adjacent to an activating group) is 1. The van der Waals surface area contributed by atoms with E-state index in [0.717, 1.165) is 11.6 Å². The molecule has 0 saturated carbocycles. The second kappa shape index (κ2) is 5.48. The molecule has 0 bridgehead atoms. The number of hydrogen-bond donors (Lipinski definition) is 1. The Hall–Kier alpha value is -1.75. The van der Waals surface area contributed by atoms with Gasteiger partial charge in [-0.2, -0.15) is 5.10 Å². The number of nitrogens with one attached hydrogen (secondary N) is 1. The third kappa shape index (κ3) is 2.98. The summed E-state index contributed by atoms with van der Waals surface area (Å²) in [4.78, 5) is 0. The Morgan fingerprint density at radius 3 is 2.63 bits per heavy atom. The molecule has 2 rings (SSSR count). The van der Waals surface area contributed by atoms with E-state index in [1.165, 1.54) is 0 Å². The lowest BCUT2D eigenvalue weighted by Gasteiger charge is -2.17. The highest BCUT2D eigenvalue weighted by molar-refractivity contribution is 5.29. The molecule has 1 unspecified atom stereocenters. The minimum Gasteiger partial charge on any atom is -0.313 e. The molecular weight excluding hydrogens is 248 g/mol. The van der Waals surface area contributed by atoms with Crippen molar-refractivity contribution in [1.82, 2.24) is 15.1 Å². The lowest BCUT2D eigenvalue weighted by Crippen LogP contribution is -2.20. The Kier molecular flexibility index (Phi) is 3.95. The van der Waals surface area contributed by atoms with Gasteiger partial charge in [-0.15, -0.1) is 0 Å². The van der Waals surface area contributed by atoms with Crippen molar-refractivity contribution in [2.45, 2.75) is 19.4 Å². The molecule has 0 aliphatic rings. The smallest absolute Gasteiger partial charge is 0.130 e. The lowest BCUT2D eigenvalue weighted by molar-refractivity contribution is 0.519. The first kappa shape index (κ1) is 13.7. The van der Waals surface area contributed by atoms with E-state index in [0.29, 0.717) is 17.5 Å². The van der Waals surface area contributed by atoms with Crippen LogP contribution >= 0.6 is 0 Å². The van der Waals surface area contributed by atoms with E-state index in [2.05, 4.69) is 10.4 Å². The zero-order chi connectivity index (χ0) is 14.0. The number of hydrogen-bond acceptors (Lipinski definition) is 2. The molecule has 102 valence electrons. The molecule has 1 aromatic heterocycles. The summed E-state index contributed by atoms with van der Waals surface area (Å²) in [6.07, 6.45) is 4.24. The maximum Gasteiger partial charge on any atom is 0.130 e. The van der Waals surface area contributed by atoms with E-state index >= 15 is 0 Å². The van der Waals surface area contributed by atoms with Gasteiger partial charge < -0.3 is 5.32 Å². The van der Waals surface area contributed by atoms with E-state index in [1.807, 2.05) is 13.2 Å². The molecule has 1 atom stereocenters. The van der Waals surface area contributed by atoms with E-state index in [4.69, 9.17) is 0 Å². The molecule has 3 nitrogen and oxygen atoms in total. The number of benzene rings is 1. The van der Waals surface area contributed by atoms with Crippen molar-refractivity contribution in [1.29, 1.82) is 0 Å². The Morgan fingerprint density at radius 1 is 1.32 bits per heavy atom. The van der Waals surface area contributed by atoms with Gasteiger partial charge in [0.05, 0.1) is 6.20 Å². The Balaban J connectivity index is 2.29. The zero-order valence-corrected chi connectivity index (χ0v) is 11.2. The first-order valence-corrected chi connectivity index (χ1v) is 6.11. The summed E-state index contributed by atoms with van der Waals surface area (Å²) in [6, 6.07) is 2.30. The number of nitrogens with zero attached hydrogens (tertiary/aromatic N) is 2. The van der Waals surface area contributed by atoms with Crippen LogP contribution in [0.3, 0.4) is 0 Å². The van der Waals surface area contributed by atoms with Crippen molar-refractivity contribution in [3.05, 3.63) is 52.9 Å². The van der Waals surface area contributed by atoms with Crippen LogP contribution in [0, 0.1) is 18.6 Å². The molecule has 0 radical (unpaired) electrons. The van der Waals surface area contributed by atoms with Crippen molar-refractivity contribution in [3.8, 4) is 0 Å². The van der Waals surface area contributed by atoms with Crippen molar-refractivity contribution < 1.29 is 8.78 Å². The number of rotatable bonds is 4. The van der Waals surface area contributed by atoms with Gasteiger partial charge in [-0.05, 0) is 37.6 Å². The standard InChI is InChI=1S/C14H17F2N3/c1-9-4-11(13(16)6-12(9)15)14(17-2)5-10-7-18-19(3)8-10/h4,6-8,14,17H,5H2,1-3H3. The van der Waals surface area contributed by atoms with Gasteiger partial charge in [-0.25, -0.2) is 8.78 Å². The van der Waals surface area contributed by atoms with Crippen LogP contribution in [0.1, 0.15) is 22.7 Å². The van der Waals surface area contributed by atoms with Crippen LogP contribution in [0.2, 0.25) is 0 Å². The van der Waals surface area contributed by atoms with Crippen LogP contribution < -0.4 is 5.32 Å². The Morgan fingerprint density at radius 2 is 2.05 bits per heavy atom. The van der Waals surface area contributed by atoms with Gasteiger partial charge in [0.2, 0.25) is 0 Å². The maximum absolute atomic E-state index is 13.9. The summed E-state index contributed by atoms with van der Waals surface area (Å²) in [5.74, 6) is -1.04. The normalized spacial score (nSPS) is 12.7. The number of aryl methyl sites for hydroxylation is 2. The molecular formula is C14H17F2N3. The van der Waals surface area contributed by atoms with Gasteiger partial charge in [0.15, 0.2) is 0 Å². The predicted molar refractivity (Wildman–Crippen MR) is 69.8 cm³/mol. The van der Waals surface area contributed by atoms with Crippen LogP contribution in [0.25, 0.3) is 0 Å². The molecule has 0 aliphatic heterocycles. The molecule has 2 aromatic rings. The molecule has 1 aromatic carbocycles. The molecule has 1 N–H and O–H groups in total. The molecule has 0 fully saturated rings. The topological polar surface area (TPSA) is 29.9 Å². The van der Waals surface area contributed by atoms with Gasteiger partial charge in [-0.1, -0.05) is 0 Å². The van der Waals surface area contributed by atoms with Crippen LogP contribution in [0.5, 0.6) is 0 Å². The largest absolute Gasteiger partial charge is 0.313 e. The maximum atomic E-state index is 13.9. The second-order valence-corrected chi connectivity index (χ2v) is 4.69. The van der Waals surface area contributed by atoms with Gasteiger partial charge in [0.1, 0.15) is 11.6 Å². The summed E-state index contributed by atoms with van der Waals surface area (Å²) in [6.45, 7) is 1.63. The SMILES string of the molecule is CNC(Cc1cnn(C)c1)c1cc(C)c(F)cc1F. The van der Waals surface area contributed by atoms with Crippen molar-refractivity contribution >= 4 is 0 Å². The first-order chi connectivity index (χ1) is 9.01. The average molecular weight is 265 g/mol. The Labute approximate surface area is 111 Å². The minimum absolute atomic E-state index is 0.205. The third-order valence-electron chi connectivity index (χ3n) is 3.20. The van der Waals surface area contributed by atoms with Crippen LogP contribution in [0.4, 0.5) is 8.78 Å². The Bertz CT molecular complexity index is 578. The van der Waals surface area contributed by atoms with Crippen LogP contribution in [-0.4, -0.2) is 16.8 Å². The van der Waals surface area contributed by atoms with E-state index in [9.17, 15) is 8.78 Å². The highest BCUT2D eigenvalue weighted by atomic mass is 19.1. The van der Waals surface area contributed by atoms with Gasteiger partial charge >= 0.3 is 0 Å². The molecule has 0 spiro atoms. The van der Waals surface area contributed by atoms with Gasteiger partial charge in [0, 0.05) is 30.9 Å². The lowest BCUT2D eigenvalue weighted by atomic mass is 9.98.